The van der Waals surface area contributed by atoms with Crippen molar-refractivity contribution in [2.45, 2.75) is 88.6 Å². The topological polar surface area (TPSA) is 183 Å². The lowest BCUT2D eigenvalue weighted by atomic mass is 9.89. The van der Waals surface area contributed by atoms with Gasteiger partial charge in [0.1, 0.15) is 11.4 Å². The van der Waals surface area contributed by atoms with Crippen LogP contribution in [0.4, 0.5) is 18.9 Å². The molecule has 3 aliphatic heterocycles. The summed E-state index contributed by atoms with van der Waals surface area (Å²) in [6, 6.07) is 22.2. The van der Waals surface area contributed by atoms with E-state index in [1.54, 1.807) is 12.3 Å². The van der Waals surface area contributed by atoms with Crippen molar-refractivity contribution in [2.24, 2.45) is 0 Å². The summed E-state index contributed by atoms with van der Waals surface area (Å²) in [5, 5.41) is 24.4. The molecule has 0 unspecified atom stereocenters. The van der Waals surface area contributed by atoms with E-state index in [-0.39, 0.29) is 41.7 Å². The smallest absolute Gasteiger partial charge is 0.490 e. The third-order valence-electron chi connectivity index (χ3n) is 13.0. The normalized spacial score (nSPS) is 17.4. The van der Waals surface area contributed by atoms with Gasteiger partial charge in [-0.25, -0.2) is 4.79 Å². The molecule has 4 N–H and O–H groups in total. The minimum Gasteiger partial charge on any atom is -0.506 e. The number of carbonyl (C=O) groups excluding carboxylic acids is 3. The lowest BCUT2D eigenvalue weighted by Crippen LogP contribution is -2.57. The molecule has 18 heteroatoms. The molecule has 0 radical (unpaired) electrons. The number of hydrogen-bond donors (Lipinski definition) is 4. The van der Waals surface area contributed by atoms with E-state index in [2.05, 4.69) is 49.7 Å². The Bertz CT molecular complexity index is 2370. The van der Waals surface area contributed by atoms with Gasteiger partial charge in [0, 0.05) is 56.9 Å². The number of morpholine rings is 1. The molecule has 1 spiro atoms. The number of nitrogens with one attached hydrogen (secondary N) is 2. The lowest BCUT2D eigenvalue weighted by molar-refractivity contribution is -0.192. The molecule has 4 heterocycles. The van der Waals surface area contributed by atoms with Crippen LogP contribution in [0, 0.1) is 0 Å². The molecule has 366 valence electrons. The minimum absolute atomic E-state index is 0.00540. The van der Waals surface area contributed by atoms with Crippen LogP contribution in [0.15, 0.2) is 72.9 Å². The average molecular weight is 947 g/mol. The van der Waals surface area contributed by atoms with Gasteiger partial charge in [-0.15, -0.1) is 0 Å². The van der Waals surface area contributed by atoms with Crippen LogP contribution in [0.2, 0.25) is 0 Å². The predicted molar refractivity (Wildman–Crippen MR) is 248 cm³/mol. The number of carbonyl (C=O) groups is 4. The number of nitrogens with zero attached hydrogens (tertiary/aromatic N) is 4. The largest absolute Gasteiger partial charge is 0.506 e. The number of benzene rings is 3. The van der Waals surface area contributed by atoms with Crippen molar-refractivity contribution in [3.8, 4) is 11.5 Å². The zero-order chi connectivity index (χ0) is 48.1. The number of phenolic OH excluding ortho intramolecular Hbond substituents is 1. The van der Waals surface area contributed by atoms with Crippen LogP contribution in [-0.2, 0) is 43.2 Å². The Morgan fingerprint density at radius 1 is 0.941 bits per heavy atom. The molecule has 1 saturated carbocycles. The van der Waals surface area contributed by atoms with Crippen molar-refractivity contribution in [3.05, 3.63) is 95.2 Å². The summed E-state index contributed by atoms with van der Waals surface area (Å²) in [6.07, 6.45) is 5.81. The monoisotopic (exact) mass is 946 g/mol. The summed E-state index contributed by atoms with van der Waals surface area (Å²) in [5.74, 6) is -2.35. The number of carboxylic acids is 1. The Hall–Kier alpha value is -5.82. The molecule has 4 aromatic rings. The summed E-state index contributed by atoms with van der Waals surface area (Å²) < 4.78 is 49.8. The Morgan fingerprint density at radius 2 is 1.71 bits per heavy atom. The first-order valence-corrected chi connectivity index (χ1v) is 23.5. The van der Waals surface area contributed by atoms with Crippen molar-refractivity contribution in [2.75, 3.05) is 77.6 Å². The number of anilines is 1. The SMILES string of the molecule is O=C(O)C(F)(F)F.O=C1COc2c(CCNCCN(C(=O)CCOCCc3cccc(CN4CCC5(CC4)CN(C(=O)c4cnc6ccccc6c4)CCO5)c3)C3CCCCC3)ccc(O)c2N1. The van der Waals surface area contributed by atoms with Crippen molar-refractivity contribution in [1.29, 1.82) is 0 Å². The molecule has 1 aliphatic carbocycles. The zero-order valence-corrected chi connectivity index (χ0v) is 38.2. The number of halogens is 3. The number of likely N-dealkylation sites (tertiary alicyclic amines) is 1. The van der Waals surface area contributed by atoms with Crippen molar-refractivity contribution in [3.63, 3.8) is 0 Å². The van der Waals surface area contributed by atoms with Crippen molar-refractivity contribution < 1.29 is 56.8 Å². The number of amides is 3. The highest BCUT2D eigenvalue weighted by atomic mass is 19.4. The highest BCUT2D eigenvalue weighted by Crippen LogP contribution is 2.39. The van der Waals surface area contributed by atoms with Crippen LogP contribution in [-0.4, -0.2) is 144 Å². The first kappa shape index (κ1) is 50.1. The van der Waals surface area contributed by atoms with Crippen molar-refractivity contribution in [1.82, 2.24) is 25.0 Å². The molecular formula is C50H61F3N6O9. The van der Waals surface area contributed by atoms with E-state index in [1.165, 1.54) is 17.5 Å². The van der Waals surface area contributed by atoms with Gasteiger partial charge in [-0.05, 0) is 80.0 Å². The highest BCUT2D eigenvalue weighted by molar-refractivity contribution is 5.98. The van der Waals surface area contributed by atoms with E-state index in [4.69, 9.17) is 24.1 Å². The second kappa shape index (κ2) is 23.5. The van der Waals surface area contributed by atoms with E-state index in [1.807, 2.05) is 41.3 Å². The quantitative estimate of drug-likeness (QED) is 0.0723. The molecule has 0 bridgehead atoms. The molecular weight excluding hydrogens is 886 g/mol. The Kier molecular flexibility index (Phi) is 17.3. The number of alkyl halides is 3. The fourth-order valence-electron chi connectivity index (χ4n) is 9.41. The van der Waals surface area contributed by atoms with Gasteiger partial charge in [0.2, 0.25) is 5.91 Å². The van der Waals surface area contributed by atoms with Crippen LogP contribution >= 0.6 is 0 Å². The fraction of sp³-hybridized carbons (Fsp3) is 0.500. The first-order valence-electron chi connectivity index (χ1n) is 23.5. The number of piperidine rings is 1. The number of para-hydroxylation sites is 1. The number of carboxylic acid groups (broad SMARTS) is 1. The van der Waals surface area contributed by atoms with E-state index in [9.17, 15) is 32.7 Å². The third kappa shape index (κ3) is 13.7. The number of aromatic nitrogens is 1. The summed E-state index contributed by atoms with van der Waals surface area (Å²) in [5.41, 5.74) is 4.95. The zero-order valence-electron chi connectivity index (χ0n) is 38.2. The van der Waals surface area contributed by atoms with Gasteiger partial charge in [0.15, 0.2) is 12.4 Å². The van der Waals surface area contributed by atoms with E-state index in [0.29, 0.717) is 82.4 Å². The third-order valence-corrected chi connectivity index (χ3v) is 13.0. The molecule has 0 atom stereocenters. The van der Waals surface area contributed by atoms with Crippen LogP contribution in [0.3, 0.4) is 0 Å². The van der Waals surface area contributed by atoms with Gasteiger partial charge in [-0.1, -0.05) is 67.8 Å². The fourth-order valence-corrected chi connectivity index (χ4v) is 9.41. The molecule has 68 heavy (non-hydrogen) atoms. The standard InChI is InChI=1S/C48H60N6O7.C2HF3O2/c55-42-14-13-37(46-45(42)51-43(56)33-60-46)15-20-49-21-24-54(40-10-2-1-3-11-40)44(57)17-27-59-26-16-35-7-6-8-36(29-35)32-52-22-18-48(19-23-52)34-53(25-28-61-48)47(58)39-30-38-9-4-5-12-41(38)50-31-39;3-2(4,5)1(6)7/h4-9,12-14,29-31,40,49,55H,1-3,10-11,15-28,32-34H2,(H,51,56);(H,6,7). The molecule has 15 nitrogen and oxygen atoms in total. The van der Waals surface area contributed by atoms with Crippen LogP contribution in [0.25, 0.3) is 10.9 Å². The number of rotatable bonds is 16. The maximum Gasteiger partial charge on any atom is 0.490 e. The van der Waals surface area contributed by atoms with Crippen molar-refractivity contribution >= 4 is 40.3 Å². The maximum absolute atomic E-state index is 13.6. The summed E-state index contributed by atoms with van der Waals surface area (Å²) in [6.45, 7) is 7.32. The van der Waals surface area contributed by atoms with Gasteiger partial charge in [-0.3, -0.25) is 24.3 Å². The van der Waals surface area contributed by atoms with E-state index >= 15 is 0 Å². The number of hydrogen-bond acceptors (Lipinski definition) is 11. The molecule has 3 aromatic carbocycles. The van der Waals surface area contributed by atoms with Gasteiger partial charge in [0.05, 0.1) is 49.5 Å². The predicted octanol–water partition coefficient (Wildman–Crippen LogP) is 6.35. The van der Waals surface area contributed by atoms with Gasteiger partial charge < -0.3 is 44.9 Å². The number of aliphatic carboxylic acids is 1. The Morgan fingerprint density at radius 3 is 2.49 bits per heavy atom. The van der Waals surface area contributed by atoms with Gasteiger partial charge >= 0.3 is 12.1 Å². The molecule has 1 aromatic heterocycles. The van der Waals surface area contributed by atoms with Crippen LogP contribution in [0.5, 0.6) is 11.5 Å². The number of fused-ring (bicyclic) bond motifs is 2. The van der Waals surface area contributed by atoms with Crippen LogP contribution < -0.4 is 15.4 Å². The number of ether oxygens (including phenoxy) is 3. The minimum atomic E-state index is -5.08. The second-order valence-corrected chi connectivity index (χ2v) is 17.9. The Labute approximate surface area is 393 Å². The molecule has 4 aliphatic rings. The number of phenols is 1. The second-order valence-electron chi connectivity index (χ2n) is 17.9. The molecule has 3 amide bonds. The van der Waals surface area contributed by atoms with Gasteiger partial charge in [0.25, 0.3) is 11.8 Å². The molecule has 2 saturated heterocycles. The number of aromatic hydroxyl groups is 1. The first-order chi connectivity index (χ1) is 32.8. The molecule has 3 fully saturated rings. The highest BCUT2D eigenvalue weighted by Gasteiger charge is 2.41. The van der Waals surface area contributed by atoms with E-state index < -0.39 is 12.1 Å². The summed E-state index contributed by atoms with van der Waals surface area (Å²) in [4.78, 5) is 58.8. The molecule has 8 rings (SSSR count). The average Bonchev–Trinajstić information content (AvgIpc) is 3.34. The Balaban J connectivity index is 0.000000908. The summed E-state index contributed by atoms with van der Waals surface area (Å²) >= 11 is 0. The number of pyridine rings is 1. The van der Waals surface area contributed by atoms with E-state index in [0.717, 1.165) is 81.0 Å². The van der Waals surface area contributed by atoms with Crippen LogP contribution in [0.1, 0.15) is 78.4 Å². The van der Waals surface area contributed by atoms with Gasteiger partial charge in [-0.2, -0.15) is 13.2 Å². The maximum atomic E-state index is 13.6. The summed E-state index contributed by atoms with van der Waals surface area (Å²) in [7, 11) is 0. The lowest BCUT2D eigenvalue weighted by Gasteiger charge is -2.47.